The van der Waals surface area contributed by atoms with Gasteiger partial charge in [0.25, 0.3) is 0 Å². The number of fused-ring (bicyclic) bond motifs is 1. The van der Waals surface area contributed by atoms with Crippen LogP contribution in [-0.2, 0) is 22.4 Å². The van der Waals surface area contributed by atoms with Gasteiger partial charge in [-0.3, -0.25) is 14.7 Å². The Kier molecular flexibility index (Phi) is 8.71. The summed E-state index contributed by atoms with van der Waals surface area (Å²) in [6, 6.07) is 9.08. The van der Waals surface area contributed by atoms with Gasteiger partial charge in [-0.2, -0.15) is 0 Å². The monoisotopic (exact) mass is 479 g/mol. The van der Waals surface area contributed by atoms with Gasteiger partial charge in [0.2, 0.25) is 0 Å². The Labute approximate surface area is 207 Å². The van der Waals surface area contributed by atoms with E-state index in [1.54, 1.807) is 12.3 Å². The maximum atomic E-state index is 12.1. The number of pyridine rings is 1. The van der Waals surface area contributed by atoms with E-state index in [0.29, 0.717) is 37.5 Å². The first-order valence-corrected chi connectivity index (χ1v) is 12.8. The van der Waals surface area contributed by atoms with E-state index >= 15 is 0 Å². The Morgan fingerprint density at radius 2 is 2.17 bits per heavy atom. The van der Waals surface area contributed by atoms with Gasteiger partial charge in [0.05, 0.1) is 6.10 Å². The van der Waals surface area contributed by atoms with Crippen LogP contribution in [0.3, 0.4) is 0 Å². The van der Waals surface area contributed by atoms with Crippen LogP contribution in [0.1, 0.15) is 61.0 Å². The molecule has 1 aromatic carbocycles. The number of carbonyl (C=O) groups is 1. The molecule has 0 aliphatic carbocycles. The molecule has 2 aromatic rings. The third kappa shape index (κ3) is 6.38. The average Bonchev–Trinajstić information content (AvgIpc) is 2.84. The highest BCUT2D eigenvalue weighted by Gasteiger charge is 2.38. The summed E-state index contributed by atoms with van der Waals surface area (Å²) in [5, 5.41) is 13.3. The first-order valence-electron chi connectivity index (χ1n) is 12.8. The molecule has 1 atom stereocenters. The summed E-state index contributed by atoms with van der Waals surface area (Å²) in [7, 11) is 0. The number of likely N-dealkylation sites (tertiary alicyclic amines) is 1. The van der Waals surface area contributed by atoms with Gasteiger partial charge in [0.1, 0.15) is 11.9 Å². The van der Waals surface area contributed by atoms with Gasteiger partial charge in [-0.1, -0.05) is 30.7 Å². The molecule has 1 unspecified atom stereocenters. The smallest absolute Gasteiger partial charge is 0.325 e. The highest BCUT2D eigenvalue weighted by atomic mass is 16.5. The lowest BCUT2D eigenvalue weighted by molar-refractivity contribution is -0.150. The summed E-state index contributed by atoms with van der Waals surface area (Å²) < 4.78 is 6.00. The minimum Gasteiger partial charge on any atom is -0.480 e. The molecule has 8 heteroatoms. The third-order valence-corrected chi connectivity index (χ3v) is 6.74. The average molecular weight is 480 g/mol. The summed E-state index contributed by atoms with van der Waals surface area (Å²) >= 11 is 0. The number of hydrogen-bond acceptors (Lipinski definition) is 7. The molecule has 1 aromatic heterocycles. The Morgan fingerprint density at radius 3 is 2.97 bits per heavy atom. The van der Waals surface area contributed by atoms with Crippen LogP contribution in [0.2, 0.25) is 0 Å². The Morgan fingerprint density at radius 1 is 1.31 bits per heavy atom. The fourth-order valence-corrected chi connectivity index (χ4v) is 4.76. The number of ether oxygens (including phenoxy) is 1. The molecule has 0 radical (unpaired) electrons. The zero-order chi connectivity index (χ0) is 24.6. The lowest BCUT2D eigenvalue weighted by Gasteiger charge is -2.42. The molecule has 1 fully saturated rings. The minimum absolute atomic E-state index is 0.0660. The Bertz CT molecular complexity index is 1040. The molecule has 0 spiro atoms. The van der Waals surface area contributed by atoms with Gasteiger partial charge in [-0.05, 0) is 50.7 Å². The molecule has 2 aliphatic rings. The molecule has 0 saturated carbocycles. The van der Waals surface area contributed by atoms with Crippen LogP contribution in [0, 0.1) is 0 Å². The maximum Gasteiger partial charge on any atom is 0.325 e. The van der Waals surface area contributed by atoms with Gasteiger partial charge in [-0.15, -0.1) is 0 Å². The lowest BCUT2D eigenvalue weighted by atomic mass is 9.96. The minimum atomic E-state index is -0.897. The molecular weight excluding hydrogens is 442 g/mol. The number of nitrogens with zero attached hydrogens (tertiary/aromatic N) is 3. The number of unbranched alkanes of at least 4 members (excludes halogenated alkanes) is 2. The summed E-state index contributed by atoms with van der Waals surface area (Å²) in [5.74, 6) is 0.166. The number of aliphatic carboxylic acids is 1. The summed E-state index contributed by atoms with van der Waals surface area (Å²) in [5.41, 5.74) is 10.6. The summed E-state index contributed by atoms with van der Waals surface area (Å²) in [6.45, 7) is 5.49. The summed E-state index contributed by atoms with van der Waals surface area (Å²) in [4.78, 5) is 23.0. The molecule has 2 aliphatic heterocycles. The molecule has 8 nitrogen and oxygen atoms in total. The van der Waals surface area contributed by atoms with Crippen LogP contribution in [0.5, 0.6) is 0 Å². The van der Waals surface area contributed by atoms with Crippen molar-refractivity contribution >= 4 is 23.7 Å². The highest BCUT2D eigenvalue weighted by Crippen LogP contribution is 2.32. The van der Waals surface area contributed by atoms with Gasteiger partial charge in [0.15, 0.2) is 0 Å². The summed E-state index contributed by atoms with van der Waals surface area (Å²) in [6.07, 6.45) is 8.22. The lowest BCUT2D eigenvalue weighted by Crippen LogP contribution is -2.55. The van der Waals surface area contributed by atoms with Crippen LogP contribution in [0.15, 0.2) is 35.3 Å². The zero-order valence-corrected chi connectivity index (χ0v) is 20.6. The molecular formula is C27H37N5O3. The van der Waals surface area contributed by atoms with Crippen LogP contribution in [0.4, 0.5) is 11.5 Å². The highest BCUT2D eigenvalue weighted by molar-refractivity contribution is 5.90. The van der Waals surface area contributed by atoms with Crippen LogP contribution in [-0.4, -0.2) is 66.1 Å². The van der Waals surface area contributed by atoms with Gasteiger partial charge in [-0.25, -0.2) is 4.98 Å². The van der Waals surface area contributed by atoms with Gasteiger partial charge < -0.3 is 20.9 Å². The van der Waals surface area contributed by atoms with E-state index in [-0.39, 0.29) is 6.10 Å². The van der Waals surface area contributed by atoms with Crippen molar-refractivity contribution in [3.63, 3.8) is 0 Å². The molecule has 4 N–H and O–H groups in total. The van der Waals surface area contributed by atoms with E-state index in [0.717, 1.165) is 55.7 Å². The van der Waals surface area contributed by atoms with Crippen molar-refractivity contribution in [1.82, 2.24) is 9.88 Å². The Hall–Kier alpha value is -2.97. The van der Waals surface area contributed by atoms with Gasteiger partial charge in [0, 0.05) is 61.5 Å². The van der Waals surface area contributed by atoms with Crippen LogP contribution in [0.25, 0.3) is 0 Å². The number of benzene rings is 1. The first-order chi connectivity index (χ1) is 17.1. The molecule has 1 saturated heterocycles. The van der Waals surface area contributed by atoms with E-state index in [4.69, 9.17) is 15.5 Å². The maximum absolute atomic E-state index is 12.1. The molecule has 35 heavy (non-hydrogen) atoms. The van der Waals surface area contributed by atoms with Crippen LogP contribution >= 0.6 is 0 Å². The standard InChI is InChI=1S/C27H37N5O3/c1-2-29-16-20-8-6-11-23(24(20)28)25(27(33)34)32-17-22(18-32)35-15-5-3-4-10-21-13-12-19-9-7-14-30-26(19)31-21/h6,8,11-13,16,22,25H,2-5,7,9-10,14-15,17-18,28H2,1H3,(H,30,31)(H,33,34). The van der Waals surface area contributed by atoms with E-state index in [1.165, 1.54) is 12.0 Å². The van der Waals surface area contributed by atoms with E-state index < -0.39 is 12.0 Å². The topological polar surface area (TPSA) is 113 Å². The number of para-hydroxylation sites is 1. The quantitative estimate of drug-likeness (QED) is 0.242. The molecule has 3 heterocycles. The van der Waals surface area contributed by atoms with Crippen molar-refractivity contribution in [3.05, 3.63) is 52.7 Å². The number of carboxylic acids is 1. The zero-order valence-electron chi connectivity index (χ0n) is 20.6. The number of nitrogens with two attached hydrogens (primary N) is 1. The van der Waals surface area contributed by atoms with Crippen LogP contribution < -0.4 is 11.1 Å². The fourth-order valence-electron chi connectivity index (χ4n) is 4.76. The molecule has 4 rings (SSSR count). The third-order valence-electron chi connectivity index (χ3n) is 6.74. The number of aryl methyl sites for hydroxylation is 2. The fraction of sp³-hybridized carbons (Fsp3) is 0.519. The SMILES string of the molecule is CCN=Cc1cccc(C(C(=O)O)N2CC(OCCCCCc3ccc4c(n3)NCCC4)C2)c1N. The first kappa shape index (κ1) is 25.1. The van der Waals surface area contributed by atoms with Crippen molar-refractivity contribution in [1.29, 1.82) is 0 Å². The number of nitrogen functional groups attached to an aromatic ring is 1. The normalized spacial score (nSPS) is 17.1. The number of nitrogens with one attached hydrogen (secondary N) is 1. The number of aliphatic imine (C=N–C) groups is 1. The number of anilines is 2. The van der Waals surface area contributed by atoms with Crippen molar-refractivity contribution in [2.24, 2.45) is 4.99 Å². The second-order valence-corrected chi connectivity index (χ2v) is 9.32. The second-order valence-electron chi connectivity index (χ2n) is 9.32. The Balaban J connectivity index is 1.18. The predicted octanol–water partition coefficient (Wildman–Crippen LogP) is 3.70. The van der Waals surface area contributed by atoms with Crippen molar-refractivity contribution in [3.8, 4) is 0 Å². The molecule has 0 bridgehead atoms. The van der Waals surface area contributed by atoms with Crippen molar-refractivity contribution in [2.45, 2.75) is 57.6 Å². The second kappa shape index (κ2) is 12.1. The number of hydrogen-bond donors (Lipinski definition) is 3. The van der Waals surface area contributed by atoms with Crippen molar-refractivity contribution < 1.29 is 14.6 Å². The predicted molar refractivity (Wildman–Crippen MR) is 139 cm³/mol. The van der Waals surface area contributed by atoms with E-state index in [2.05, 4.69) is 22.4 Å². The number of carboxylic acid groups (broad SMARTS) is 1. The molecule has 188 valence electrons. The van der Waals surface area contributed by atoms with Crippen molar-refractivity contribution in [2.75, 3.05) is 43.8 Å². The van der Waals surface area contributed by atoms with E-state index in [9.17, 15) is 9.90 Å². The molecule has 0 amide bonds. The largest absolute Gasteiger partial charge is 0.480 e. The number of rotatable bonds is 12. The van der Waals surface area contributed by atoms with Gasteiger partial charge >= 0.3 is 5.97 Å². The number of aromatic nitrogens is 1. The van der Waals surface area contributed by atoms with E-state index in [1.807, 2.05) is 24.0 Å².